The monoisotopic (exact) mass is 411 g/mol. The van der Waals surface area contributed by atoms with Crippen molar-refractivity contribution in [2.45, 2.75) is 32.7 Å². The van der Waals surface area contributed by atoms with Gasteiger partial charge in [-0.25, -0.2) is 0 Å². The summed E-state index contributed by atoms with van der Waals surface area (Å²) in [6.07, 6.45) is 2.66. The van der Waals surface area contributed by atoms with Crippen LogP contribution in [0.4, 0.5) is 0 Å². The molecule has 1 aromatic carbocycles. The average molecular weight is 412 g/mol. The molecule has 0 saturated heterocycles. The molecule has 0 aliphatic carbocycles. The number of hydrogen-bond donors (Lipinski definition) is 2. The van der Waals surface area contributed by atoms with Crippen molar-refractivity contribution in [2.24, 2.45) is 4.99 Å². The Kier molecular flexibility index (Phi) is 9.12. The maximum Gasteiger partial charge on any atom is 0.253 e. The lowest BCUT2D eigenvalue weighted by Crippen LogP contribution is -2.38. The number of pyridine rings is 1. The van der Waals surface area contributed by atoms with Crippen molar-refractivity contribution in [1.29, 1.82) is 0 Å². The van der Waals surface area contributed by atoms with Gasteiger partial charge in [0.15, 0.2) is 5.96 Å². The van der Waals surface area contributed by atoms with Crippen LogP contribution in [0, 0.1) is 6.92 Å². The Morgan fingerprint density at radius 2 is 1.80 bits per heavy atom. The van der Waals surface area contributed by atoms with Gasteiger partial charge < -0.3 is 20.1 Å². The molecule has 7 heteroatoms. The fourth-order valence-corrected chi connectivity index (χ4v) is 3.18. The van der Waals surface area contributed by atoms with E-state index in [1.54, 1.807) is 38.2 Å². The van der Waals surface area contributed by atoms with Crippen LogP contribution in [0.3, 0.4) is 0 Å². The number of carbonyl (C=O) groups is 1. The van der Waals surface area contributed by atoms with Gasteiger partial charge in [0.25, 0.3) is 11.5 Å². The van der Waals surface area contributed by atoms with Crippen molar-refractivity contribution >= 4 is 11.9 Å². The Hall–Kier alpha value is -3.09. The zero-order valence-electron chi connectivity index (χ0n) is 18.4. The van der Waals surface area contributed by atoms with Gasteiger partial charge in [-0.1, -0.05) is 18.2 Å². The molecule has 1 aromatic heterocycles. The molecule has 0 aliphatic heterocycles. The van der Waals surface area contributed by atoms with Crippen LogP contribution in [0.5, 0.6) is 0 Å². The number of unbranched alkanes of at least 4 members (excludes halogenated alkanes) is 1. The summed E-state index contributed by atoms with van der Waals surface area (Å²) < 4.78 is 1.81. The largest absolute Gasteiger partial charge is 0.356 e. The normalized spacial score (nSPS) is 11.3. The summed E-state index contributed by atoms with van der Waals surface area (Å²) in [4.78, 5) is 29.8. The minimum atomic E-state index is 0.00949. The summed E-state index contributed by atoms with van der Waals surface area (Å²) in [7, 11) is 5.26. The second-order valence-corrected chi connectivity index (χ2v) is 7.44. The minimum Gasteiger partial charge on any atom is -0.356 e. The van der Waals surface area contributed by atoms with Gasteiger partial charge in [-0.2, -0.15) is 0 Å². The molecule has 162 valence electrons. The van der Waals surface area contributed by atoms with E-state index < -0.39 is 0 Å². The molecule has 0 unspecified atom stereocenters. The third-order valence-corrected chi connectivity index (χ3v) is 4.88. The number of aliphatic imine (C=N–C) groups is 1. The van der Waals surface area contributed by atoms with Gasteiger partial charge in [0.05, 0.1) is 0 Å². The van der Waals surface area contributed by atoms with Gasteiger partial charge >= 0.3 is 0 Å². The maximum atomic E-state index is 12.1. The second-order valence-electron chi connectivity index (χ2n) is 7.44. The summed E-state index contributed by atoms with van der Waals surface area (Å²) in [5.74, 6) is 0.763. The van der Waals surface area contributed by atoms with E-state index in [4.69, 9.17) is 0 Å². The maximum absolute atomic E-state index is 12.1. The molecular formula is C23H33N5O2. The summed E-state index contributed by atoms with van der Waals surface area (Å²) in [5.41, 5.74) is 2.85. The lowest BCUT2D eigenvalue weighted by atomic mass is 10.1. The summed E-state index contributed by atoms with van der Waals surface area (Å²) in [6, 6.07) is 13.1. The van der Waals surface area contributed by atoms with Crippen molar-refractivity contribution in [2.75, 3.05) is 34.2 Å². The van der Waals surface area contributed by atoms with Crippen LogP contribution < -0.4 is 16.2 Å². The predicted molar refractivity (Wildman–Crippen MR) is 122 cm³/mol. The SMILES string of the molecule is CN=C(NCCCCn1c(C)cccc1=O)NCCc1cccc(C(=O)N(C)C)c1. The molecule has 0 bridgehead atoms. The van der Waals surface area contributed by atoms with Gasteiger partial charge in [0, 0.05) is 58.1 Å². The first-order valence-corrected chi connectivity index (χ1v) is 10.3. The zero-order valence-corrected chi connectivity index (χ0v) is 18.4. The fraction of sp³-hybridized carbons (Fsp3) is 0.435. The number of amides is 1. The highest BCUT2D eigenvalue weighted by Gasteiger charge is 2.08. The van der Waals surface area contributed by atoms with Crippen LogP contribution in [0.2, 0.25) is 0 Å². The molecular weight excluding hydrogens is 378 g/mol. The topological polar surface area (TPSA) is 78.7 Å². The van der Waals surface area contributed by atoms with E-state index in [9.17, 15) is 9.59 Å². The van der Waals surface area contributed by atoms with Gasteiger partial charge in [-0.05, 0) is 49.9 Å². The number of hydrogen-bond acceptors (Lipinski definition) is 3. The summed E-state index contributed by atoms with van der Waals surface area (Å²) in [6.45, 7) is 4.18. The van der Waals surface area contributed by atoms with Gasteiger partial charge in [0.1, 0.15) is 0 Å². The number of nitrogens with one attached hydrogen (secondary N) is 2. The molecule has 0 saturated carbocycles. The molecule has 0 spiro atoms. The Balaban J connectivity index is 1.71. The van der Waals surface area contributed by atoms with E-state index in [0.717, 1.165) is 56.1 Å². The van der Waals surface area contributed by atoms with Crippen molar-refractivity contribution in [3.8, 4) is 0 Å². The van der Waals surface area contributed by atoms with Crippen LogP contribution in [0.1, 0.15) is 34.5 Å². The molecule has 7 nitrogen and oxygen atoms in total. The highest BCUT2D eigenvalue weighted by molar-refractivity contribution is 5.94. The van der Waals surface area contributed by atoms with E-state index in [0.29, 0.717) is 5.56 Å². The molecule has 2 rings (SSSR count). The van der Waals surface area contributed by atoms with Gasteiger partial charge in [0.2, 0.25) is 0 Å². The number of nitrogens with zero attached hydrogens (tertiary/aromatic N) is 3. The molecule has 1 amide bonds. The van der Waals surface area contributed by atoms with Crippen LogP contribution in [-0.2, 0) is 13.0 Å². The van der Waals surface area contributed by atoms with Gasteiger partial charge in [-0.15, -0.1) is 0 Å². The lowest BCUT2D eigenvalue weighted by Gasteiger charge is -2.13. The van der Waals surface area contributed by atoms with Crippen LogP contribution in [0.15, 0.2) is 52.3 Å². The standard InChI is InChI=1S/C23H33N5O2/c1-18-9-7-12-21(29)28(18)16-6-5-14-25-23(24-2)26-15-13-19-10-8-11-20(17-19)22(30)27(3)4/h7-12,17H,5-6,13-16H2,1-4H3,(H2,24,25,26). The smallest absolute Gasteiger partial charge is 0.253 e. The Morgan fingerprint density at radius 3 is 2.50 bits per heavy atom. The van der Waals surface area contributed by atoms with Crippen LogP contribution >= 0.6 is 0 Å². The highest BCUT2D eigenvalue weighted by atomic mass is 16.2. The third kappa shape index (κ3) is 7.06. The van der Waals surface area contributed by atoms with Crippen molar-refractivity contribution < 1.29 is 4.79 Å². The minimum absolute atomic E-state index is 0.00949. The Labute approximate surface area is 178 Å². The Morgan fingerprint density at radius 1 is 1.07 bits per heavy atom. The van der Waals surface area contributed by atoms with Crippen LogP contribution in [0.25, 0.3) is 0 Å². The summed E-state index contributed by atoms with van der Waals surface area (Å²) >= 11 is 0. The molecule has 0 atom stereocenters. The average Bonchev–Trinajstić information content (AvgIpc) is 2.73. The lowest BCUT2D eigenvalue weighted by molar-refractivity contribution is 0.0827. The molecule has 30 heavy (non-hydrogen) atoms. The summed E-state index contributed by atoms with van der Waals surface area (Å²) in [5, 5.41) is 6.61. The van der Waals surface area contributed by atoms with E-state index in [1.807, 2.05) is 41.8 Å². The quantitative estimate of drug-likeness (QED) is 0.376. The first kappa shape index (κ1) is 23.2. The van der Waals surface area contributed by atoms with Crippen molar-refractivity contribution in [3.05, 3.63) is 69.6 Å². The molecule has 0 aliphatic rings. The van der Waals surface area contributed by atoms with Gasteiger partial charge in [-0.3, -0.25) is 14.6 Å². The van der Waals surface area contributed by atoms with E-state index >= 15 is 0 Å². The van der Waals surface area contributed by atoms with E-state index in [-0.39, 0.29) is 11.5 Å². The number of aromatic nitrogens is 1. The third-order valence-electron chi connectivity index (χ3n) is 4.88. The number of guanidine groups is 1. The number of aryl methyl sites for hydroxylation is 1. The molecule has 1 heterocycles. The van der Waals surface area contributed by atoms with Crippen molar-refractivity contribution in [1.82, 2.24) is 20.1 Å². The first-order valence-electron chi connectivity index (χ1n) is 10.3. The predicted octanol–water partition coefficient (Wildman–Crippen LogP) is 2.05. The Bertz CT molecular complexity index is 918. The first-order chi connectivity index (χ1) is 14.4. The van der Waals surface area contributed by atoms with Crippen LogP contribution in [-0.4, -0.2) is 55.6 Å². The van der Waals surface area contributed by atoms with Crippen molar-refractivity contribution in [3.63, 3.8) is 0 Å². The second kappa shape index (κ2) is 11.8. The molecule has 0 fully saturated rings. The number of carbonyl (C=O) groups excluding carboxylic acids is 1. The molecule has 0 radical (unpaired) electrons. The van der Waals surface area contributed by atoms with E-state index in [2.05, 4.69) is 15.6 Å². The fourth-order valence-electron chi connectivity index (χ4n) is 3.18. The zero-order chi connectivity index (χ0) is 21.9. The molecule has 2 aromatic rings. The number of rotatable bonds is 9. The van der Waals surface area contributed by atoms with E-state index in [1.165, 1.54) is 0 Å². The highest BCUT2D eigenvalue weighted by Crippen LogP contribution is 2.07. The number of benzene rings is 1. The molecule has 2 N–H and O–H groups in total.